The fourth-order valence-electron chi connectivity index (χ4n) is 0.728. The Kier molecular flexibility index (Phi) is 3.84. The quantitative estimate of drug-likeness (QED) is 0.569. The summed E-state index contributed by atoms with van der Waals surface area (Å²) >= 11 is 5.65. The molecule has 3 nitrogen and oxygen atoms in total. The van der Waals surface area contributed by atoms with E-state index in [0.717, 1.165) is 6.54 Å². The molecule has 4 heteroatoms. The van der Waals surface area contributed by atoms with E-state index in [4.69, 9.17) is 16.3 Å². The lowest BCUT2D eigenvalue weighted by Gasteiger charge is -2.03. The SMILES string of the molecule is CNCCOc1cccc(Cl)n1. The van der Waals surface area contributed by atoms with Gasteiger partial charge in [0.05, 0.1) is 0 Å². The van der Waals surface area contributed by atoms with Crippen molar-refractivity contribution in [2.45, 2.75) is 0 Å². The van der Waals surface area contributed by atoms with Crippen LogP contribution in [-0.4, -0.2) is 25.2 Å². The number of ether oxygens (including phenoxy) is 1. The molecule has 66 valence electrons. The molecule has 1 N–H and O–H groups in total. The van der Waals surface area contributed by atoms with Crippen LogP contribution in [0.5, 0.6) is 5.88 Å². The van der Waals surface area contributed by atoms with Crippen LogP contribution in [0.3, 0.4) is 0 Å². The van der Waals surface area contributed by atoms with Crippen LogP contribution in [0, 0.1) is 0 Å². The van der Waals surface area contributed by atoms with Gasteiger partial charge in [0.25, 0.3) is 0 Å². The minimum absolute atomic E-state index is 0.456. The number of likely N-dealkylation sites (N-methyl/N-ethyl adjacent to an activating group) is 1. The molecule has 0 radical (unpaired) electrons. The van der Waals surface area contributed by atoms with Gasteiger partial charge in [0.15, 0.2) is 0 Å². The lowest BCUT2D eigenvalue weighted by Crippen LogP contribution is -2.16. The summed E-state index contributed by atoms with van der Waals surface area (Å²) in [5.41, 5.74) is 0. The van der Waals surface area contributed by atoms with Crippen molar-refractivity contribution in [3.8, 4) is 5.88 Å². The van der Waals surface area contributed by atoms with Gasteiger partial charge < -0.3 is 10.1 Å². The van der Waals surface area contributed by atoms with Crippen LogP contribution in [-0.2, 0) is 0 Å². The maximum Gasteiger partial charge on any atom is 0.214 e. The molecule has 1 aromatic rings. The normalized spacial score (nSPS) is 9.83. The molecule has 0 fully saturated rings. The molecule has 1 heterocycles. The van der Waals surface area contributed by atoms with Crippen LogP contribution in [0.15, 0.2) is 18.2 Å². The first-order chi connectivity index (χ1) is 5.83. The number of aromatic nitrogens is 1. The van der Waals surface area contributed by atoms with Crippen LogP contribution in [0.1, 0.15) is 0 Å². The van der Waals surface area contributed by atoms with E-state index in [1.807, 2.05) is 13.1 Å². The van der Waals surface area contributed by atoms with Crippen LogP contribution >= 0.6 is 11.6 Å². The highest BCUT2D eigenvalue weighted by atomic mass is 35.5. The first-order valence-electron chi connectivity index (χ1n) is 3.73. The Morgan fingerprint density at radius 2 is 2.42 bits per heavy atom. The number of nitrogens with one attached hydrogen (secondary N) is 1. The van der Waals surface area contributed by atoms with Crippen molar-refractivity contribution in [3.63, 3.8) is 0 Å². The third-order valence-electron chi connectivity index (χ3n) is 1.29. The Labute approximate surface area is 76.7 Å². The molecule has 0 aliphatic rings. The van der Waals surface area contributed by atoms with Crippen molar-refractivity contribution in [1.29, 1.82) is 0 Å². The third kappa shape index (κ3) is 3.07. The lowest BCUT2D eigenvalue weighted by molar-refractivity contribution is 0.306. The van der Waals surface area contributed by atoms with Crippen molar-refractivity contribution in [2.75, 3.05) is 20.2 Å². The smallest absolute Gasteiger partial charge is 0.214 e. The van der Waals surface area contributed by atoms with Crippen molar-refractivity contribution in [2.24, 2.45) is 0 Å². The molecule has 12 heavy (non-hydrogen) atoms. The molecule has 0 amide bonds. The molecule has 0 saturated heterocycles. The lowest BCUT2D eigenvalue weighted by atomic mass is 10.5. The number of nitrogens with zero attached hydrogens (tertiary/aromatic N) is 1. The highest BCUT2D eigenvalue weighted by molar-refractivity contribution is 6.29. The van der Waals surface area contributed by atoms with Gasteiger partial charge in [0.1, 0.15) is 11.8 Å². The second-order valence-corrected chi connectivity index (χ2v) is 2.64. The molecule has 0 atom stereocenters. The zero-order valence-corrected chi connectivity index (χ0v) is 7.64. The van der Waals surface area contributed by atoms with Crippen molar-refractivity contribution in [1.82, 2.24) is 10.3 Å². The van der Waals surface area contributed by atoms with Gasteiger partial charge in [-0.25, -0.2) is 4.98 Å². The monoisotopic (exact) mass is 186 g/mol. The number of pyridine rings is 1. The highest BCUT2D eigenvalue weighted by Crippen LogP contribution is 2.10. The Hall–Kier alpha value is -0.800. The molecular formula is C8H11ClN2O. The summed E-state index contributed by atoms with van der Waals surface area (Å²) < 4.78 is 5.27. The summed E-state index contributed by atoms with van der Waals surface area (Å²) in [6.07, 6.45) is 0. The van der Waals surface area contributed by atoms with E-state index in [0.29, 0.717) is 17.6 Å². The summed E-state index contributed by atoms with van der Waals surface area (Å²) in [5.74, 6) is 0.567. The molecule has 0 bridgehead atoms. The molecule has 0 unspecified atom stereocenters. The zero-order chi connectivity index (χ0) is 8.81. The summed E-state index contributed by atoms with van der Waals surface area (Å²) in [5, 5.41) is 3.42. The fourth-order valence-corrected chi connectivity index (χ4v) is 0.884. The van der Waals surface area contributed by atoms with Crippen LogP contribution in [0.4, 0.5) is 0 Å². The first kappa shape index (κ1) is 9.29. The second kappa shape index (κ2) is 4.95. The number of rotatable bonds is 4. The summed E-state index contributed by atoms with van der Waals surface area (Å²) in [6.45, 7) is 1.40. The Bertz CT molecular complexity index is 242. The van der Waals surface area contributed by atoms with Gasteiger partial charge >= 0.3 is 0 Å². The van der Waals surface area contributed by atoms with E-state index in [9.17, 15) is 0 Å². The Morgan fingerprint density at radius 3 is 3.08 bits per heavy atom. The minimum atomic E-state index is 0.456. The fraction of sp³-hybridized carbons (Fsp3) is 0.375. The third-order valence-corrected chi connectivity index (χ3v) is 1.50. The van der Waals surface area contributed by atoms with Crippen molar-refractivity contribution in [3.05, 3.63) is 23.4 Å². The van der Waals surface area contributed by atoms with Gasteiger partial charge in [0.2, 0.25) is 5.88 Å². The number of halogens is 1. The molecular weight excluding hydrogens is 176 g/mol. The minimum Gasteiger partial charge on any atom is -0.476 e. The number of hydrogen-bond donors (Lipinski definition) is 1. The summed E-state index contributed by atoms with van der Waals surface area (Å²) in [6, 6.07) is 5.30. The van der Waals surface area contributed by atoms with E-state index < -0.39 is 0 Å². The van der Waals surface area contributed by atoms with Gasteiger partial charge in [-0.2, -0.15) is 0 Å². The molecule has 0 aliphatic heterocycles. The number of hydrogen-bond acceptors (Lipinski definition) is 3. The molecule has 1 rings (SSSR count). The largest absolute Gasteiger partial charge is 0.476 e. The first-order valence-corrected chi connectivity index (χ1v) is 4.10. The van der Waals surface area contributed by atoms with Gasteiger partial charge in [-0.3, -0.25) is 0 Å². The van der Waals surface area contributed by atoms with Gasteiger partial charge in [0, 0.05) is 12.6 Å². The highest BCUT2D eigenvalue weighted by Gasteiger charge is 1.94. The maximum atomic E-state index is 5.65. The van der Waals surface area contributed by atoms with E-state index in [-0.39, 0.29) is 0 Å². The van der Waals surface area contributed by atoms with Crippen molar-refractivity contribution >= 4 is 11.6 Å². The molecule has 0 aliphatic carbocycles. The topological polar surface area (TPSA) is 34.1 Å². The maximum absolute atomic E-state index is 5.65. The van der Waals surface area contributed by atoms with Gasteiger partial charge in [-0.05, 0) is 13.1 Å². The average molecular weight is 187 g/mol. The van der Waals surface area contributed by atoms with E-state index in [1.54, 1.807) is 12.1 Å². The van der Waals surface area contributed by atoms with Crippen LogP contribution < -0.4 is 10.1 Å². The molecule has 0 aromatic carbocycles. The van der Waals surface area contributed by atoms with E-state index in [1.165, 1.54) is 0 Å². The van der Waals surface area contributed by atoms with Crippen LogP contribution in [0.2, 0.25) is 5.15 Å². The summed E-state index contributed by atoms with van der Waals surface area (Å²) in [4.78, 5) is 3.96. The zero-order valence-electron chi connectivity index (χ0n) is 6.88. The predicted molar refractivity (Wildman–Crippen MR) is 48.7 cm³/mol. The molecule has 0 saturated carbocycles. The summed E-state index contributed by atoms with van der Waals surface area (Å²) in [7, 11) is 1.87. The standard InChI is InChI=1S/C8H11ClN2O/c1-10-5-6-12-8-4-2-3-7(9)11-8/h2-4,10H,5-6H2,1H3. The molecule has 0 spiro atoms. The second-order valence-electron chi connectivity index (χ2n) is 2.25. The Balaban J connectivity index is 2.41. The van der Waals surface area contributed by atoms with Crippen molar-refractivity contribution < 1.29 is 4.74 Å². The van der Waals surface area contributed by atoms with Crippen LogP contribution in [0.25, 0.3) is 0 Å². The van der Waals surface area contributed by atoms with E-state index in [2.05, 4.69) is 10.3 Å². The predicted octanol–water partition coefficient (Wildman–Crippen LogP) is 1.33. The van der Waals surface area contributed by atoms with Gasteiger partial charge in [-0.1, -0.05) is 17.7 Å². The Morgan fingerprint density at radius 1 is 1.58 bits per heavy atom. The molecule has 1 aromatic heterocycles. The van der Waals surface area contributed by atoms with Gasteiger partial charge in [-0.15, -0.1) is 0 Å². The average Bonchev–Trinajstić information content (AvgIpc) is 2.05. The van der Waals surface area contributed by atoms with E-state index >= 15 is 0 Å².